The fourth-order valence-electron chi connectivity index (χ4n) is 2.90. The van der Waals surface area contributed by atoms with E-state index >= 15 is 0 Å². The summed E-state index contributed by atoms with van der Waals surface area (Å²) in [5.74, 6) is 0.0326. The zero-order chi connectivity index (χ0) is 15.9. The van der Waals surface area contributed by atoms with Gasteiger partial charge in [-0.3, -0.25) is 9.59 Å². The van der Waals surface area contributed by atoms with Crippen LogP contribution < -0.4 is 5.32 Å². The molecule has 1 N–H and O–H groups in total. The summed E-state index contributed by atoms with van der Waals surface area (Å²) < 4.78 is 13.2. The number of amides is 2. The first-order chi connectivity index (χ1) is 10.5. The smallest absolute Gasteiger partial charge is 0.241 e. The standard InChI is InChI=1S/C17H23FN2O2/c1-13(21)19-11-17(22)20-9-3-5-15(12-20)8-7-14-4-2-6-16(18)10-14/h2,4,6,10,15H,3,5,7-9,11-12H2,1H3,(H,19,21)/t15-/m0/s1. The molecule has 0 saturated carbocycles. The number of aryl methyl sites for hydroxylation is 1. The number of hydrogen-bond acceptors (Lipinski definition) is 2. The summed E-state index contributed by atoms with van der Waals surface area (Å²) in [6.07, 6.45) is 3.86. The molecule has 0 radical (unpaired) electrons. The third-order valence-electron chi connectivity index (χ3n) is 4.09. The number of carbonyl (C=O) groups is 2. The number of likely N-dealkylation sites (tertiary alicyclic amines) is 1. The van der Waals surface area contributed by atoms with Gasteiger partial charge < -0.3 is 10.2 Å². The Morgan fingerprint density at radius 2 is 2.23 bits per heavy atom. The van der Waals surface area contributed by atoms with Crippen molar-refractivity contribution in [2.75, 3.05) is 19.6 Å². The van der Waals surface area contributed by atoms with Gasteiger partial charge in [-0.05, 0) is 49.3 Å². The highest BCUT2D eigenvalue weighted by molar-refractivity contribution is 5.83. The average Bonchev–Trinajstić information content (AvgIpc) is 2.51. The molecule has 1 aliphatic heterocycles. The van der Waals surface area contributed by atoms with Gasteiger partial charge >= 0.3 is 0 Å². The third kappa shape index (κ3) is 5.13. The Morgan fingerprint density at radius 3 is 2.95 bits per heavy atom. The van der Waals surface area contributed by atoms with Crippen molar-refractivity contribution in [3.8, 4) is 0 Å². The predicted octanol–water partition coefficient (Wildman–Crippen LogP) is 2.13. The van der Waals surface area contributed by atoms with Crippen molar-refractivity contribution in [1.82, 2.24) is 10.2 Å². The lowest BCUT2D eigenvalue weighted by Gasteiger charge is -2.33. The van der Waals surface area contributed by atoms with Crippen LogP contribution in [0, 0.1) is 11.7 Å². The average molecular weight is 306 g/mol. The van der Waals surface area contributed by atoms with Crippen molar-refractivity contribution < 1.29 is 14.0 Å². The van der Waals surface area contributed by atoms with Gasteiger partial charge in [0.1, 0.15) is 5.82 Å². The molecule has 0 bridgehead atoms. The number of rotatable bonds is 5. The van der Waals surface area contributed by atoms with Crippen molar-refractivity contribution in [3.05, 3.63) is 35.6 Å². The van der Waals surface area contributed by atoms with Crippen molar-refractivity contribution in [2.24, 2.45) is 5.92 Å². The summed E-state index contributed by atoms with van der Waals surface area (Å²) in [5.41, 5.74) is 1.00. The number of hydrogen-bond donors (Lipinski definition) is 1. The number of halogens is 1. The first-order valence-electron chi connectivity index (χ1n) is 7.81. The maximum Gasteiger partial charge on any atom is 0.241 e. The van der Waals surface area contributed by atoms with Gasteiger partial charge in [-0.1, -0.05) is 12.1 Å². The molecule has 0 spiro atoms. The molecule has 0 unspecified atom stereocenters. The molecular formula is C17H23FN2O2. The van der Waals surface area contributed by atoms with E-state index in [0.29, 0.717) is 5.92 Å². The maximum atomic E-state index is 13.2. The van der Waals surface area contributed by atoms with Crippen molar-refractivity contribution in [1.29, 1.82) is 0 Å². The molecule has 0 aromatic heterocycles. The Kier molecular flexibility index (Phi) is 5.92. The van der Waals surface area contributed by atoms with Crippen LogP contribution >= 0.6 is 0 Å². The second-order valence-electron chi connectivity index (χ2n) is 5.93. The highest BCUT2D eigenvalue weighted by Crippen LogP contribution is 2.21. The molecule has 1 fully saturated rings. The molecule has 22 heavy (non-hydrogen) atoms. The van der Waals surface area contributed by atoms with Gasteiger partial charge in [0.05, 0.1) is 6.54 Å². The molecule has 2 amide bonds. The third-order valence-corrected chi connectivity index (χ3v) is 4.09. The Morgan fingerprint density at radius 1 is 1.41 bits per heavy atom. The fourth-order valence-corrected chi connectivity index (χ4v) is 2.90. The summed E-state index contributed by atoms with van der Waals surface area (Å²) in [4.78, 5) is 24.7. The quantitative estimate of drug-likeness (QED) is 0.906. The minimum atomic E-state index is -0.201. The van der Waals surface area contributed by atoms with E-state index in [1.54, 1.807) is 12.1 Å². The molecule has 1 aliphatic rings. The van der Waals surface area contributed by atoms with Crippen LogP contribution in [0.4, 0.5) is 4.39 Å². The molecule has 4 nitrogen and oxygen atoms in total. The van der Waals surface area contributed by atoms with Gasteiger partial charge in [-0.25, -0.2) is 4.39 Å². The normalized spacial score (nSPS) is 18.1. The van der Waals surface area contributed by atoms with Gasteiger partial charge in [0.2, 0.25) is 11.8 Å². The van der Waals surface area contributed by atoms with E-state index in [-0.39, 0.29) is 24.2 Å². The van der Waals surface area contributed by atoms with Crippen molar-refractivity contribution >= 4 is 11.8 Å². The lowest BCUT2D eigenvalue weighted by Crippen LogP contribution is -2.44. The minimum Gasteiger partial charge on any atom is -0.347 e. The Labute approximate surface area is 130 Å². The molecule has 1 aromatic carbocycles. The summed E-state index contributed by atoms with van der Waals surface area (Å²) in [7, 11) is 0. The Hall–Kier alpha value is -1.91. The summed E-state index contributed by atoms with van der Waals surface area (Å²) in [6, 6.07) is 6.69. The van der Waals surface area contributed by atoms with Gasteiger partial charge in [0, 0.05) is 20.0 Å². The van der Waals surface area contributed by atoms with Crippen molar-refractivity contribution in [3.63, 3.8) is 0 Å². The first kappa shape index (κ1) is 16.5. The second kappa shape index (κ2) is 7.92. The van der Waals surface area contributed by atoms with E-state index in [2.05, 4.69) is 5.32 Å². The van der Waals surface area contributed by atoms with Crippen LogP contribution in [0.5, 0.6) is 0 Å². The van der Waals surface area contributed by atoms with Crippen LogP contribution in [0.3, 0.4) is 0 Å². The van der Waals surface area contributed by atoms with Gasteiger partial charge in [-0.2, -0.15) is 0 Å². The molecule has 1 heterocycles. The van der Waals surface area contributed by atoms with Crippen LogP contribution in [0.25, 0.3) is 0 Å². The number of carbonyl (C=O) groups excluding carboxylic acids is 2. The van der Waals surface area contributed by atoms with Crippen LogP contribution in [0.15, 0.2) is 24.3 Å². The van der Waals surface area contributed by atoms with Gasteiger partial charge in [-0.15, -0.1) is 0 Å². The van der Waals surface area contributed by atoms with E-state index in [1.807, 2.05) is 11.0 Å². The topological polar surface area (TPSA) is 49.4 Å². The number of benzene rings is 1. The first-order valence-corrected chi connectivity index (χ1v) is 7.81. The fraction of sp³-hybridized carbons (Fsp3) is 0.529. The highest BCUT2D eigenvalue weighted by atomic mass is 19.1. The monoisotopic (exact) mass is 306 g/mol. The zero-order valence-electron chi connectivity index (χ0n) is 13.0. The zero-order valence-corrected chi connectivity index (χ0v) is 13.0. The highest BCUT2D eigenvalue weighted by Gasteiger charge is 2.23. The van der Waals surface area contributed by atoms with Crippen molar-refractivity contribution in [2.45, 2.75) is 32.6 Å². The Balaban J connectivity index is 1.80. The molecule has 1 aromatic rings. The van der Waals surface area contributed by atoms with Crippen LogP contribution in [-0.4, -0.2) is 36.3 Å². The molecule has 1 saturated heterocycles. The summed E-state index contributed by atoms with van der Waals surface area (Å²) in [6.45, 7) is 2.97. The van der Waals surface area contributed by atoms with E-state index in [9.17, 15) is 14.0 Å². The van der Waals surface area contributed by atoms with E-state index < -0.39 is 0 Å². The van der Waals surface area contributed by atoms with E-state index in [4.69, 9.17) is 0 Å². The number of nitrogens with one attached hydrogen (secondary N) is 1. The SMILES string of the molecule is CC(=O)NCC(=O)N1CCC[C@@H](CCc2cccc(F)c2)C1. The molecule has 5 heteroatoms. The van der Waals surface area contributed by atoms with Gasteiger partial charge in [0.15, 0.2) is 0 Å². The summed E-state index contributed by atoms with van der Waals surface area (Å²) >= 11 is 0. The van der Waals surface area contributed by atoms with Gasteiger partial charge in [0.25, 0.3) is 0 Å². The molecule has 120 valence electrons. The number of piperidine rings is 1. The maximum absolute atomic E-state index is 13.2. The second-order valence-corrected chi connectivity index (χ2v) is 5.93. The largest absolute Gasteiger partial charge is 0.347 e. The summed E-state index contributed by atoms with van der Waals surface area (Å²) in [5, 5.41) is 2.55. The minimum absolute atomic E-state index is 0.0225. The molecule has 0 aliphatic carbocycles. The lowest BCUT2D eigenvalue weighted by molar-refractivity contribution is -0.134. The van der Waals surface area contributed by atoms with Crippen LogP contribution in [-0.2, 0) is 16.0 Å². The van der Waals surface area contributed by atoms with E-state index in [1.165, 1.54) is 13.0 Å². The van der Waals surface area contributed by atoms with Crippen LogP contribution in [0.2, 0.25) is 0 Å². The molecular weight excluding hydrogens is 283 g/mol. The molecule has 2 rings (SSSR count). The lowest BCUT2D eigenvalue weighted by atomic mass is 9.91. The van der Waals surface area contributed by atoms with Crippen LogP contribution in [0.1, 0.15) is 31.7 Å². The Bertz CT molecular complexity index is 533. The molecule has 1 atom stereocenters. The van der Waals surface area contributed by atoms with E-state index in [0.717, 1.165) is 44.3 Å². The predicted molar refractivity (Wildman–Crippen MR) is 82.7 cm³/mol. The number of nitrogens with zero attached hydrogens (tertiary/aromatic N) is 1.